The molecule has 0 fully saturated rings. The van der Waals surface area contributed by atoms with Gasteiger partial charge in [0.15, 0.2) is 0 Å². The molecule has 23 heavy (non-hydrogen) atoms. The quantitative estimate of drug-likeness (QED) is 0.917. The summed E-state index contributed by atoms with van der Waals surface area (Å²) in [7, 11) is 1.53. The summed E-state index contributed by atoms with van der Waals surface area (Å²) in [6.45, 7) is 4.88. The lowest BCUT2D eigenvalue weighted by atomic mass is 10.0. The average molecular weight is 319 g/mol. The molecule has 1 aliphatic rings. The van der Waals surface area contributed by atoms with Crippen molar-refractivity contribution in [1.82, 2.24) is 14.7 Å². The van der Waals surface area contributed by atoms with Crippen molar-refractivity contribution in [2.75, 3.05) is 13.7 Å². The van der Waals surface area contributed by atoms with Crippen LogP contribution in [0.3, 0.4) is 0 Å². The zero-order chi connectivity index (χ0) is 16.4. The van der Waals surface area contributed by atoms with Gasteiger partial charge in [0, 0.05) is 55.5 Å². The number of methoxy groups -OCH3 is 1. The monoisotopic (exact) mass is 319 g/mol. The Hall–Kier alpha value is -1.92. The molecule has 5 nitrogen and oxygen atoms in total. The van der Waals surface area contributed by atoms with Gasteiger partial charge in [0.05, 0.1) is 19.4 Å². The van der Waals surface area contributed by atoms with E-state index >= 15 is 0 Å². The molecule has 1 aliphatic heterocycles. The van der Waals surface area contributed by atoms with Crippen LogP contribution in [-0.4, -0.2) is 33.4 Å². The molecule has 1 aromatic carbocycles. The lowest BCUT2D eigenvalue weighted by Gasteiger charge is -2.28. The highest BCUT2D eigenvalue weighted by atomic mass is 19.1. The summed E-state index contributed by atoms with van der Waals surface area (Å²) in [6.07, 6.45) is 0.869. The predicted octanol–water partition coefficient (Wildman–Crippen LogP) is 2.10. The van der Waals surface area contributed by atoms with E-state index < -0.39 is 0 Å². The summed E-state index contributed by atoms with van der Waals surface area (Å²) >= 11 is 0. The second-order valence-electron chi connectivity index (χ2n) is 5.76. The molecule has 0 atom stereocenters. The van der Waals surface area contributed by atoms with E-state index in [1.807, 2.05) is 11.6 Å². The van der Waals surface area contributed by atoms with Crippen molar-refractivity contribution in [3.63, 3.8) is 0 Å². The number of ether oxygens (including phenoxy) is 1. The number of fused-ring (bicyclic) bond motifs is 1. The number of hydrogen-bond acceptors (Lipinski definition) is 4. The van der Waals surface area contributed by atoms with Gasteiger partial charge in [0.25, 0.3) is 0 Å². The summed E-state index contributed by atoms with van der Waals surface area (Å²) < 4.78 is 21.1. The molecule has 0 amide bonds. The summed E-state index contributed by atoms with van der Waals surface area (Å²) in [6, 6.07) is 4.97. The third-order valence-electron chi connectivity index (χ3n) is 4.40. The average Bonchev–Trinajstić information content (AvgIpc) is 2.94. The van der Waals surface area contributed by atoms with Crippen LogP contribution in [0.2, 0.25) is 0 Å². The van der Waals surface area contributed by atoms with Gasteiger partial charge in [0.2, 0.25) is 0 Å². The fraction of sp³-hybridized carbons (Fsp3) is 0.471. The minimum Gasteiger partial charge on any atom is -0.497 e. The third-order valence-corrected chi connectivity index (χ3v) is 4.40. The highest BCUT2D eigenvalue weighted by Gasteiger charge is 2.24. The summed E-state index contributed by atoms with van der Waals surface area (Å²) in [5.74, 6) is 0.278. The molecule has 3 rings (SSSR count). The van der Waals surface area contributed by atoms with Gasteiger partial charge in [-0.3, -0.25) is 9.58 Å². The molecule has 0 spiro atoms. The van der Waals surface area contributed by atoms with E-state index in [2.05, 4.69) is 10.00 Å². The maximum absolute atomic E-state index is 14.1. The van der Waals surface area contributed by atoms with Crippen LogP contribution in [0.4, 0.5) is 4.39 Å². The largest absolute Gasteiger partial charge is 0.497 e. The second-order valence-corrected chi connectivity index (χ2v) is 5.76. The topological polar surface area (TPSA) is 50.5 Å². The van der Waals surface area contributed by atoms with Gasteiger partial charge in [-0.05, 0) is 13.0 Å². The van der Waals surface area contributed by atoms with Gasteiger partial charge in [-0.2, -0.15) is 5.10 Å². The lowest BCUT2D eigenvalue weighted by molar-refractivity contribution is 0.233. The number of hydrogen-bond donors (Lipinski definition) is 1. The van der Waals surface area contributed by atoms with Gasteiger partial charge < -0.3 is 9.84 Å². The van der Waals surface area contributed by atoms with Gasteiger partial charge in [0.1, 0.15) is 11.6 Å². The molecule has 0 saturated carbocycles. The number of aromatic nitrogens is 2. The maximum Gasteiger partial charge on any atom is 0.131 e. The first-order valence-electron chi connectivity index (χ1n) is 7.89. The number of nitrogens with zero attached hydrogens (tertiary/aromatic N) is 3. The number of rotatable bonds is 5. The van der Waals surface area contributed by atoms with Crippen LogP contribution in [0.5, 0.6) is 5.75 Å². The standard InChI is InChI=1S/C17H22FN3O2/c1-3-21-17-6-7-20(10-14(17)16(11-22)19-21)9-12-4-5-13(23-2)8-15(12)18/h4-5,8,22H,3,6-7,9-11H2,1-2H3. The van der Waals surface area contributed by atoms with E-state index in [-0.39, 0.29) is 12.4 Å². The van der Waals surface area contributed by atoms with E-state index in [4.69, 9.17) is 4.74 Å². The van der Waals surface area contributed by atoms with Gasteiger partial charge >= 0.3 is 0 Å². The van der Waals surface area contributed by atoms with Crippen LogP contribution in [0.15, 0.2) is 18.2 Å². The highest BCUT2D eigenvalue weighted by Crippen LogP contribution is 2.25. The summed E-state index contributed by atoms with van der Waals surface area (Å²) in [4.78, 5) is 2.19. The number of benzene rings is 1. The van der Waals surface area contributed by atoms with Crippen molar-refractivity contribution in [1.29, 1.82) is 0 Å². The van der Waals surface area contributed by atoms with E-state index in [0.29, 0.717) is 24.4 Å². The molecule has 1 N–H and O–H groups in total. The predicted molar refractivity (Wildman–Crippen MR) is 84.6 cm³/mol. The second kappa shape index (κ2) is 6.68. The van der Waals surface area contributed by atoms with Crippen molar-refractivity contribution < 1.29 is 14.2 Å². The lowest BCUT2D eigenvalue weighted by Crippen LogP contribution is -2.31. The Bertz CT molecular complexity index is 699. The fourth-order valence-corrected chi connectivity index (χ4v) is 3.17. The Morgan fingerprint density at radius 2 is 2.22 bits per heavy atom. The normalized spacial score (nSPS) is 14.8. The number of aryl methyl sites for hydroxylation is 1. The zero-order valence-corrected chi connectivity index (χ0v) is 13.5. The van der Waals surface area contributed by atoms with Gasteiger partial charge in [-0.15, -0.1) is 0 Å². The SMILES string of the molecule is CCn1nc(CO)c2c1CCN(Cc1ccc(OC)cc1F)C2. The van der Waals surface area contributed by atoms with Crippen LogP contribution in [0.1, 0.15) is 29.4 Å². The van der Waals surface area contributed by atoms with Crippen LogP contribution in [-0.2, 0) is 32.7 Å². The number of aliphatic hydroxyl groups is 1. The zero-order valence-electron chi connectivity index (χ0n) is 13.5. The highest BCUT2D eigenvalue weighted by molar-refractivity contribution is 5.31. The van der Waals surface area contributed by atoms with E-state index in [1.165, 1.54) is 18.9 Å². The molecule has 1 aromatic heterocycles. The number of aliphatic hydroxyl groups excluding tert-OH is 1. The van der Waals surface area contributed by atoms with Crippen molar-refractivity contribution >= 4 is 0 Å². The van der Waals surface area contributed by atoms with Crippen molar-refractivity contribution in [2.45, 2.75) is 39.6 Å². The van der Waals surface area contributed by atoms with Crippen LogP contribution in [0.25, 0.3) is 0 Å². The molecule has 2 aromatic rings. The van der Waals surface area contributed by atoms with Crippen LogP contribution < -0.4 is 4.74 Å². The van der Waals surface area contributed by atoms with Crippen molar-refractivity contribution in [3.05, 3.63) is 46.5 Å². The molecular weight excluding hydrogens is 297 g/mol. The minimum absolute atomic E-state index is 0.0555. The Morgan fingerprint density at radius 3 is 2.87 bits per heavy atom. The van der Waals surface area contributed by atoms with Crippen molar-refractivity contribution in [2.24, 2.45) is 0 Å². The van der Waals surface area contributed by atoms with Crippen LogP contribution in [0, 0.1) is 5.82 Å². The molecular formula is C17H22FN3O2. The Labute approximate surface area is 135 Å². The smallest absolute Gasteiger partial charge is 0.131 e. The molecule has 0 unspecified atom stereocenters. The molecule has 0 radical (unpaired) electrons. The summed E-state index contributed by atoms with van der Waals surface area (Å²) in [5, 5.41) is 14.0. The molecule has 0 bridgehead atoms. The van der Waals surface area contributed by atoms with E-state index in [0.717, 1.165) is 30.8 Å². The summed E-state index contributed by atoms with van der Waals surface area (Å²) in [5.41, 5.74) is 3.68. The van der Waals surface area contributed by atoms with E-state index in [1.54, 1.807) is 12.1 Å². The molecule has 2 heterocycles. The fourth-order valence-electron chi connectivity index (χ4n) is 3.17. The van der Waals surface area contributed by atoms with Gasteiger partial charge in [-0.1, -0.05) is 6.07 Å². The van der Waals surface area contributed by atoms with Gasteiger partial charge in [-0.25, -0.2) is 4.39 Å². The maximum atomic E-state index is 14.1. The third kappa shape index (κ3) is 3.09. The molecule has 0 aliphatic carbocycles. The molecule has 0 saturated heterocycles. The Morgan fingerprint density at radius 1 is 1.39 bits per heavy atom. The Kier molecular flexibility index (Phi) is 4.63. The Balaban J connectivity index is 1.78. The minimum atomic E-state index is -0.248. The van der Waals surface area contributed by atoms with Crippen molar-refractivity contribution in [3.8, 4) is 5.75 Å². The molecule has 124 valence electrons. The first kappa shape index (κ1) is 16.0. The van der Waals surface area contributed by atoms with Crippen LogP contribution >= 0.6 is 0 Å². The first-order chi connectivity index (χ1) is 11.2. The first-order valence-corrected chi connectivity index (χ1v) is 7.89. The molecule has 6 heteroatoms. The number of halogens is 1. The van der Waals surface area contributed by atoms with E-state index in [9.17, 15) is 9.50 Å².